The summed E-state index contributed by atoms with van der Waals surface area (Å²) in [5.74, 6) is 0.490. The SMILES string of the molecule is Cc1ccc2[nH]c(=S)n(-c3cccc(C(C)C)c3)c2n1. The number of nitrogens with one attached hydrogen (secondary N) is 1. The van der Waals surface area contributed by atoms with Crippen LogP contribution in [0.3, 0.4) is 0 Å². The standard InChI is InChI=1S/C16H17N3S/c1-10(2)12-5-4-6-13(9-12)19-15-14(18-16(19)20)8-7-11(3)17-15/h4-10H,1-3H3,(H,18,20). The van der Waals surface area contributed by atoms with Crippen LogP contribution in [0.1, 0.15) is 31.0 Å². The molecule has 0 radical (unpaired) electrons. The summed E-state index contributed by atoms with van der Waals surface area (Å²) in [5, 5.41) is 0. The van der Waals surface area contributed by atoms with E-state index >= 15 is 0 Å². The molecule has 0 unspecified atom stereocenters. The third kappa shape index (κ3) is 2.16. The number of hydrogen-bond acceptors (Lipinski definition) is 2. The number of hydrogen-bond donors (Lipinski definition) is 1. The van der Waals surface area contributed by atoms with Crippen molar-refractivity contribution >= 4 is 23.4 Å². The quantitative estimate of drug-likeness (QED) is 0.702. The fourth-order valence-electron chi connectivity index (χ4n) is 2.34. The van der Waals surface area contributed by atoms with Crippen molar-refractivity contribution in [2.75, 3.05) is 0 Å². The molecule has 0 aliphatic rings. The Kier molecular flexibility index (Phi) is 3.18. The van der Waals surface area contributed by atoms with E-state index in [2.05, 4.69) is 48.1 Å². The van der Waals surface area contributed by atoms with Crippen molar-refractivity contribution in [3.8, 4) is 5.69 Å². The zero-order valence-corrected chi connectivity index (χ0v) is 12.7. The van der Waals surface area contributed by atoms with Gasteiger partial charge in [-0.2, -0.15) is 0 Å². The summed E-state index contributed by atoms with van der Waals surface area (Å²) in [6.45, 7) is 6.37. The number of H-pyrrole nitrogens is 1. The van der Waals surface area contributed by atoms with Gasteiger partial charge in [0.2, 0.25) is 0 Å². The van der Waals surface area contributed by atoms with Gasteiger partial charge in [0, 0.05) is 5.69 Å². The topological polar surface area (TPSA) is 33.6 Å². The minimum atomic E-state index is 0.490. The first-order valence-corrected chi connectivity index (χ1v) is 7.16. The first kappa shape index (κ1) is 13.1. The summed E-state index contributed by atoms with van der Waals surface area (Å²) in [4.78, 5) is 7.83. The predicted molar refractivity (Wildman–Crippen MR) is 85.1 cm³/mol. The molecule has 0 amide bonds. The average Bonchev–Trinajstić information content (AvgIpc) is 2.74. The van der Waals surface area contributed by atoms with Crippen molar-refractivity contribution in [1.29, 1.82) is 0 Å². The number of imidazole rings is 1. The van der Waals surface area contributed by atoms with Gasteiger partial charge in [0.05, 0.1) is 11.2 Å². The van der Waals surface area contributed by atoms with Crippen LogP contribution in [-0.2, 0) is 0 Å². The first-order valence-electron chi connectivity index (χ1n) is 6.75. The van der Waals surface area contributed by atoms with E-state index in [9.17, 15) is 0 Å². The lowest BCUT2D eigenvalue weighted by Gasteiger charge is -2.09. The van der Waals surface area contributed by atoms with E-state index in [4.69, 9.17) is 12.2 Å². The lowest BCUT2D eigenvalue weighted by molar-refractivity contribution is 0.862. The van der Waals surface area contributed by atoms with Gasteiger partial charge >= 0.3 is 0 Å². The Labute approximate surface area is 123 Å². The monoisotopic (exact) mass is 283 g/mol. The zero-order valence-electron chi connectivity index (χ0n) is 11.8. The van der Waals surface area contributed by atoms with Crippen LogP contribution in [-0.4, -0.2) is 14.5 Å². The molecule has 102 valence electrons. The minimum Gasteiger partial charge on any atom is -0.329 e. The Morgan fingerprint density at radius 1 is 1.20 bits per heavy atom. The Balaban J connectivity index is 2.29. The summed E-state index contributed by atoms with van der Waals surface area (Å²) >= 11 is 5.45. The molecule has 1 N–H and O–H groups in total. The third-order valence-corrected chi connectivity index (χ3v) is 3.75. The summed E-state index contributed by atoms with van der Waals surface area (Å²) in [6.07, 6.45) is 0. The maximum atomic E-state index is 5.45. The van der Waals surface area contributed by atoms with Crippen LogP contribution in [0.5, 0.6) is 0 Å². The van der Waals surface area contributed by atoms with E-state index < -0.39 is 0 Å². The number of pyridine rings is 1. The minimum absolute atomic E-state index is 0.490. The van der Waals surface area contributed by atoms with E-state index in [1.54, 1.807) is 0 Å². The van der Waals surface area contributed by atoms with Crippen LogP contribution in [0.25, 0.3) is 16.9 Å². The summed E-state index contributed by atoms with van der Waals surface area (Å²) in [7, 11) is 0. The second-order valence-corrected chi connectivity index (χ2v) is 5.73. The van der Waals surface area contributed by atoms with E-state index in [0.29, 0.717) is 10.7 Å². The van der Waals surface area contributed by atoms with Crippen molar-refractivity contribution < 1.29 is 0 Å². The molecular formula is C16H17N3S. The fourth-order valence-corrected chi connectivity index (χ4v) is 2.64. The largest absolute Gasteiger partial charge is 0.329 e. The van der Waals surface area contributed by atoms with Crippen LogP contribution >= 0.6 is 12.2 Å². The van der Waals surface area contributed by atoms with Gasteiger partial charge in [0.25, 0.3) is 0 Å². The molecular weight excluding hydrogens is 266 g/mol. The highest BCUT2D eigenvalue weighted by Gasteiger charge is 2.09. The summed E-state index contributed by atoms with van der Waals surface area (Å²) < 4.78 is 2.68. The zero-order chi connectivity index (χ0) is 14.3. The molecule has 0 aliphatic carbocycles. The highest BCUT2D eigenvalue weighted by atomic mass is 32.1. The fraction of sp³-hybridized carbons (Fsp3) is 0.250. The second kappa shape index (κ2) is 4.87. The Bertz CT molecular complexity index is 827. The van der Waals surface area contributed by atoms with Crippen molar-refractivity contribution in [1.82, 2.24) is 14.5 Å². The maximum Gasteiger partial charge on any atom is 0.183 e. The molecule has 0 spiro atoms. The second-order valence-electron chi connectivity index (χ2n) is 5.34. The Morgan fingerprint density at radius 3 is 2.75 bits per heavy atom. The molecule has 1 aromatic carbocycles. The number of rotatable bonds is 2. The molecule has 0 atom stereocenters. The van der Waals surface area contributed by atoms with Crippen LogP contribution in [0.2, 0.25) is 0 Å². The van der Waals surface area contributed by atoms with Crippen molar-refractivity contribution in [2.24, 2.45) is 0 Å². The molecule has 20 heavy (non-hydrogen) atoms. The van der Waals surface area contributed by atoms with E-state index in [0.717, 1.165) is 22.5 Å². The Hall–Kier alpha value is -1.94. The maximum absolute atomic E-state index is 5.45. The highest BCUT2D eigenvalue weighted by Crippen LogP contribution is 2.22. The predicted octanol–water partition coefficient (Wildman–Crippen LogP) is 4.51. The van der Waals surface area contributed by atoms with E-state index in [1.165, 1.54) is 5.56 Å². The molecule has 3 aromatic rings. The van der Waals surface area contributed by atoms with Crippen molar-refractivity contribution in [2.45, 2.75) is 26.7 Å². The van der Waals surface area contributed by atoms with Crippen LogP contribution < -0.4 is 0 Å². The molecule has 2 heterocycles. The van der Waals surface area contributed by atoms with Crippen molar-refractivity contribution in [3.63, 3.8) is 0 Å². The van der Waals surface area contributed by atoms with Gasteiger partial charge in [-0.3, -0.25) is 4.57 Å². The van der Waals surface area contributed by atoms with E-state index in [1.807, 2.05) is 23.6 Å². The number of nitrogens with zero attached hydrogens (tertiary/aromatic N) is 2. The van der Waals surface area contributed by atoms with Gasteiger partial charge in [-0.15, -0.1) is 0 Å². The normalized spacial score (nSPS) is 11.4. The highest BCUT2D eigenvalue weighted by molar-refractivity contribution is 7.71. The molecule has 0 saturated heterocycles. The summed E-state index contributed by atoms with van der Waals surface area (Å²) in [6, 6.07) is 12.5. The van der Waals surface area contributed by atoms with Gasteiger partial charge in [0.15, 0.2) is 10.4 Å². The molecule has 0 fully saturated rings. The van der Waals surface area contributed by atoms with Gasteiger partial charge in [-0.05, 0) is 54.9 Å². The van der Waals surface area contributed by atoms with Gasteiger partial charge in [0.1, 0.15) is 0 Å². The van der Waals surface area contributed by atoms with E-state index in [-0.39, 0.29) is 0 Å². The molecule has 0 saturated carbocycles. The number of aromatic nitrogens is 3. The van der Waals surface area contributed by atoms with Crippen LogP contribution in [0.15, 0.2) is 36.4 Å². The Morgan fingerprint density at radius 2 is 2.00 bits per heavy atom. The third-order valence-electron chi connectivity index (χ3n) is 3.47. The molecule has 0 aliphatic heterocycles. The molecule has 4 heteroatoms. The lowest BCUT2D eigenvalue weighted by atomic mass is 10.0. The number of aryl methyl sites for hydroxylation is 1. The summed E-state index contributed by atoms with van der Waals surface area (Å²) in [5.41, 5.74) is 5.20. The molecule has 3 rings (SSSR count). The van der Waals surface area contributed by atoms with Crippen molar-refractivity contribution in [3.05, 3.63) is 52.4 Å². The lowest BCUT2D eigenvalue weighted by Crippen LogP contribution is -1.98. The first-order chi connectivity index (χ1) is 9.56. The van der Waals surface area contributed by atoms with Crippen LogP contribution in [0.4, 0.5) is 0 Å². The molecule has 3 nitrogen and oxygen atoms in total. The smallest absolute Gasteiger partial charge is 0.183 e. The molecule has 2 aromatic heterocycles. The van der Waals surface area contributed by atoms with Gasteiger partial charge in [-0.1, -0.05) is 26.0 Å². The average molecular weight is 283 g/mol. The van der Waals surface area contributed by atoms with Crippen LogP contribution in [0, 0.1) is 11.7 Å². The number of benzene rings is 1. The van der Waals surface area contributed by atoms with Gasteiger partial charge < -0.3 is 4.98 Å². The number of fused-ring (bicyclic) bond motifs is 1. The number of aromatic amines is 1. The molecule has 0 bridgehead atoms. The van der Waals surface area contributed by atoms with Gasteiger partial charge in [-0.25, -0.2) is 4.98 Å².